The van der Waals surface area contributed by atoms with Crippen LogP contribution in [0.3, 0.4) is 0 Å². The fourth-order valence-electron chi connectivity index (χ4n) is 3.30. The number of benzene rings is 1. The zero-order chi connectivity index (χ0) is 17.9. The molecular weight excluding hydrogens is 396 g/mol. The minimum Gasteiger partial charge on any atom is -0.378 e. The lowest BCUT2D eigenvalue weighted by molar-refractivity contribution is -0.131. The molecule has 0 radical (unpaired) electrons. The average Bonchev–Trinajstić information content (AvgIpc) is 3.11. The molecule has 2 aliphatic rings. The first-order valence-electron chi connectivity index (χ1n) is 8.89. The Morgan fingerprint density at radius 3 is 2.69 bits per heavy atom. The highest BCUT2D eigenvalue weighted by Crippen LogP contribution is 2.24. The number of aryl methyl sites for hydroxylation is 1. The summed E-state index contributed by atoms with van der Waals surface area (Å²) in [6, 6.07) is 8.12. The maximum atomic E-state index is 12.6. The van der Waals surface area contributed by atoms with Gasteiger partial charge in [-0.2, -0.15) is 0 Å². The molecule has 1 aromatic heterocycles. The van der Waals surface area contributed by atoms with Crippen LogP contribution in [-0.4, -0.2) is 47.1 Å². The fourth-order valence-corrected chi connectivity index (χ4v) is 3.56. The summed E-state index contributed by atoms with van der Waals surface area (Å²) in [7, 11) is 0. The molecule has 1 fully saturated rings. The number of morpholine rings is 1. The van der Waals surface area contributed by atoms with Gasteiger partial charge in [0, 0.05) is 42.3 Å². The second-order valence-electron chi connectivity index (χ2n) is 6.62. The number of fused-ring (bicyclic) bond motifs is 1. The molecule has 0 atom stereocenters. The smallest absolute Gasteiger partial charge is 0.225 e. The number of hydrogen-bond acceptors (Lipinski definition) is 5. The topological polar surface area (TPSA) is 58.6 Å². The van der Waals surface area contributed by atoms with Crippen LogP contribution < -0.4 is 4.90 Å². The number of aromatic nitrogens is 2. The minimum atomic E-state index is 0.166. The Balaban J connectivity index is 1.36. The normalized spacial score (nSPS) is 16.7. The van der Waals surface area contributed by atoms with Crippen molar-refractivity contribution in [1.82, 2.24) is 14.9 Å². The van der Waals surface area contributed by atoms with Crippen LogP contribution in [0.4, 0.5) is 5.95 Å². The Hall–Kier alpha value is -1.99. The van der Waals surface area contributed by atoms with Crippen molar-refractivity contribution in [2.24, 2.45) is 0 Å². The number of hydrogen-bond donors (Lipinski definition) is 0. The standard InChI is InChI=1S/C19H21BrN4O2/c20-16-4-1-14(2-5-16)3-6-18(25)24-12-15-11-21-19(22-17(15)13-24)23-7-9-26-10-8-23/h1-2,4-5,11H,3,6-10,12-13H2. The van der Waals surface area contributed by atoms with Gasteiger partial charge in [-0.25, -0.2) is 9.97 Å². The van der Waals surface area contributed by atoms with Crippen molar-refractivity contribution >= 4 is 27.8 Å². The van der Waals surface area contributed by atoms with Crippen molar-refractivity contribution in [3.8, 4) is 0 Å². The molecule has 0 aliphatic carbocycles. The molecule has 0 N–H and O–H groups in total. The van der Waals surface area contributed by atoms with Crippen LogP contribution >= 0.6 is 15.9 Å². The fraction of sp³-hybridized carbons (Fsp3) is 0.421. The third kappa shape index (κ3) is 3.88. The van der Waals surface area contributed by atoms with Crippen molar-refractivity contribution in [3.63, 3.8) is 0 Å². The minimum absolute atomic E-state index is 0.166. The number of carbonyl (C=O) groups excluding carboxylic acids is 1. The molecule has 6 nitrogen and oxygen atoms in total. The molecule has 2 aromatic rings. The Labute approximate surface area is 161 Å². The number of ether oxygens (including phenoxy) is 1. The van der Waals surface area contributed by atoms with Gasteiger partial charge in [-0.15, -0.1) is 0 Å². The monoisotopic (exact) mass is 416 g/mol. The van der Waals surface area contributed by atoms with Gasteiger partial charge >= 0.3 is 0 Å². The summed E-state index contributed by atoms with van der Waals surface area (Å²) in [6.45, 7) is 4.23. The van der Waals surface area contributed by atoms with Crippen LogP contribution in [0.15, 0.2) is 34.9 Å². The van der Waals surface area contributed by atoms with Gasteiger partial charge in [0.25, 0.3) is 0 Å². The molecular formula is C19H21BrN4O2. The van der Waals surface area contributed by atoms with Gasteiger partial charge in [-0.3, -0.25) is 4.79 Å². The number of halogens is 1. The lowest BCUT2D eigenvalue weighted by Crippen LogP contribution is -2.37. The first kappa shape index (κ1) is 17.4. The van der Waals surface area contributed by atoms with Gasteiger partial charge in [0.1, 0.15) is 0 Å². The highest BCUT2D eigenvalue weighted by molar-refractivity contribution is 9.10. The predicted octanol–water partition coefficient (Wildman–Crippen LogP) is 2.55. The molecule has 1 amide bonds. The Morgan fingerprint density at radius 1 is 1.15 bits per heavy atom. The second-order valence-corrected chi connectivity index (χ2v) is 7.53. The molecule has 2 aliphatic heterocycles. The third-order valence-electron chi connectivity index (χ3n) is 4.83. The Kier molecular flexibility index (Phi) is 5.17. The molecule has 0 bridgehead atoms. The van der Waals surface area contributed by atoms with Gasteiger partial charge in [-0.05, 0) is 24.1 Å². The van der Waals surface area contributed by atoms with E-state index in [-0.39, 0.29) is 5.91 Å². The van der Waals surface area contributed by atoms with Gasteiger partial charge in [0.15, 0.2) is 0 Å². The van der Waals surface area contributed by atoms with Crippen LogP contribution in [0, 0.1) is 0 Å². The van der Waals surface area contributed by atoms with Crippen molar-refractivity contribution in [1.29, 1.82) is 0 Å². The lowest BCUT2D eigenvalue weighted by atomic mass is 10.1. The molecule has 136 valence electrons. The van der Waals surface area contributed by atoms with Crippen LogP contribution in [-0.2, 0) is 29.0 Å². The molecule has 0 saturated carbocycles. The maximum Gasteiger partial charge on any atom is 0.225 e. The van der Waals surface area contributed by atoms with Crippen molar-refractivity contribution in [3.05, 3.63) is 51.8 Å². The first-order chi connectivity index (χ1) is 12.7. The summed E-state index contributed by atoms with van der Waals surface area (Å²) in [6.07, 6.45) is 3.14. The van der Waals surface area contributed by atoms with E-state index >= 15 is 0 Å². The average molecular weight is 417 g/mol. The third-order valence-corrected chi connectivity index (χ3v) is 5.36. The van der Waals surface area contributed by atoms with Crippen molar-refractivity contribution < 1.29 is 9.53 Å². The van der Waals surface area contributed by atoms with E-state index in [1.54, 1.807) is 0 Å². The molecule has 7 heteroatoms. The molecule has 4 rings (SSSR count). The number of carbonyl (C=O) groups is 1. The summed E-state index contributed by atoms with van der Waals surface area (Å²) in [5.74, 6) is 0.912. The van der Waals surface area contributed by atoms with E-state index in [0.717, 1.165) is 41.2 Å². The van der Waals surface area contributed by atoms with E-state index in [2.05, 4.69) is 37.9 Å². The first-order valence-corrected chi connectivity index (χ1v) is 9.68. The molecule has 3 heterocycles. The van der Waals surface area contributed by atoms with Crippen molar-refractivity contribution in [2.45, 2.75) is 25.9 Å². The van der Waals surface area contributed by atoms with Gasteiger partial charge in [0.2, 0.25) is 11.9 Å². The number of amides is 1. The van der Waals surface area contributed by atoms with Crippen LogP contribution in [0.5, 0.6) is 0 Å². The SMILES string of the molecule is O=C(CCc1ccc(Br)cc1)N1Cc2cnc(N3CCOCC3)nc2C1. The van der Waals surface area contributed by atoms with E-state index in [9.17, 15) is 4.79 Å². The van der Waals surface area contributed by atoms with Crippen LogP contribution in [0.2, 0.25) is 0 Å². The van der Waals surface area contributed by atoms with Gasteiger partial charge in [-0.1, -0.05) is 28.1 Å². The number of rotatable bonds is 4. The van der Waals surface area contributed by atoms with Crippen LogP contribution in [0.1, 0.15) is 23.2 Å². The largest absolute Gasteiger partial charge is 0.378 e. The molecule has 1 saturated heterocycles. The Bertz CT molecular complexity index is 791. The highest BCUT2D eigenvalue weighted by Gasteiger charge is 2.26. The van der Waals surface area contributed by atoms with E-state index in [0.29, 0.717) is 32.7 Å². The van der Waals surface area contributed by atoms with E-state index in [4.69, 9.17) is 9.72 Å². The zero-order valence-corrected chi connectivity index (χ0v) is 16.1. The van der Waals surface area contributed by atoms with Gasteiger partial charge < -0.3 is 14.5 Å². The quantitative estimate of drug-likeness (QED) is 0.766. The summed E-state index contributed by atoms with van der Waals surface area (Å²) >= 11 is 3.43. The molecule has 26 heavy (non-hydrogen) atoms. The van der Waals surface area contributed by atoms with Gasteiger partial charge in [0.05, 0.1) is 25.5 Å². The predicted molar refractivity (Wildman–Crippen MR) is 102 cm³/mol. The summed E-state index contributed by atoms with van der Waals surface area (Å²) in [5.41, 5.74) is 3.20. The molecule has 1 aromatic carbocycles. The highest BCUT2D eigenvalue weighted by atomic mass is 79.9. The summed E-state index contributed by atoms with van der Waals surface area (Å²) in [4.78, 5) is 25.8. The van der Waals surface area contributed by atoms with Crippen molar-refractivity contribution in [2.75, 3.05) is 31.2 Å². The number of nitrogens with zero attached hydrogens (tertiary/aromatic N) is 4. The van der Waals surface area contributed by atoms with E-state index in [1.807, 2.05) is 23.2 Å². The van der Waals surface area contributed by atoms with E-state index in [1.165, 1.54) is 5.56 Å². The summed E-state index contributed by atoms with van der Waals surface area (Å²) < 4.78 is 6.43. The maximum absolute atomic E-state index is 12.6. The lowest BCUT2D eigenvalue weighted by Gasteiger charge is -2.26. The Morgan fingerprint density at radius 2 is 1.92 bits per heavy atom. The summed E-state index contributed by atoms with van der Waals surface area (Å²) in [5, 5.41) is 0. The van der Waals surface area contributed by atoms with E-state index < -0.39 is 0 Å². The second kappa shape index (κ2) is 7.72. The molecule has 0 unspecified atom stereocenters. The zero-order valence-electron chi connectivity index (χ0n) is 14.5. The molecule has 0 spiro atoms. The number of anilines is 1. The van der Waals surface area contributed by atoms with Crippen LogP contribution in [0.25, 0.3) is 0 Å².